The number of anilines is 1. The third-order valence-corrected chi connectivity index (χ3v) is 8.94. The second-order valence-electron chi connectivity index (χ2n) is 9.22. The summed E-state index contributed by atoms with van der Waals surface area (Å²) in [7, 11) is 3.23. The van der Waals surface area contributed by atoms with Crippen molar-refractivity contribution in [3.8, 4) is 0 Å². The van der Waals surface area contributed by atoms with Crippen molar-refractivity contribution in [1.82, 2.24) is 10.4 Å². The van der Waals surface area contributed by atoms with Crippen LogP contribution in [0, 0.1) is 0 Å². The fraction of sp³-hybridized carbons (Fsp3) is 0.464. The van der Waals surface area contributed by atoms with Gasteiger partial charge in [-0.3, -0.25) is 14.4 Å². The molecule has 0 aromatic heterocycles. The molecule has 2 aromatic rings. The number of rotatable bonds is 11. The van der Waals surface area contributed by atoms with Crippen LogP contribution in [0.4, 0.5) is 5.69 Å². The summed E-state index contributed by atoms with van der Waals surface area (Å²) in [6, 6.07) is 16.3. The van der Waals surface area contributed by atoms with Gasteiger partial charge in [-0.25, -0.2) is 0 Å². The normalized spacial score (nSPS) is 15.3. The molecule has 2 aromatic carbocycles. The van der Waals surface area contributed by atoms with Crippen molar-refractivity contribution in [1.29, 1.82) is 0 Å². The molecule has 0 bridgehead atoms. The highest BCUT2D eigenvalue weighted by Gasteiger charge is 2.23. The van der Waals surface area contributed by atoms with Crippen molar-refractivity contribution in [3.05, 3.63) is 65.2 Å². The summed E-state index contributed by atoms with van der Waals surface area (Å²) in [5.41, 5.74) is 4.54. The number of hydrogen-bond acceptors (Lipinski definition) is 7. The second-order valence-corrected chi connectivity index (χ2v) is 11.9. The van der Waals surface area contributed by atoms with E-state index in [9.17, 15) is 14.4 Å². The van der Waals surface area contributed by atoms with E-state index in [0.29, 0.717) is 25.3 Å². The monoisotopic (exact) mass is 541 g/mol. The van der Waals surface area contributed by atoms with Crippen LogP contribution in [0.15, 0.2) is 48.5 Å². The Morgan fingerprint density at radius 3 is 2.30 bits per heavy atom. The molecule has 9 heteroatoms. The number of hydrogen-bond donors (Lipinski definition) is 1. The van der Waals surface area contributed by atoms with Crippen molar-refractivity contribution < 1.29 is 19.2 Å². The van der Waals surface area contributed by atoms with E-state index in [1.807, 2.05) is 35.2 Å². The van der Waals surface area contributed by atoms with Gasteiger partial charge in [0.2, 0.25) is 11.8 Å². The Morgan fingerprint density at radius 1 is 0.811 bits per heavy atom. The summed E-state index contributed by atoms with van der Waals surface area (Å²) in [6.45, 7) is 2.71. The lowest BCUT2D eigenvalue weighted by atomic mass is 9.95. The summed E-state index contributed by atoms with van der Waals surface area (Å²) >= 11 is 0. The third kappa shape index (κ3) is 8.51. The first kappa shape index (κ1) is 27.5. The minimum absolute atomic E-state index is 0.0370. The number of nitrogens with one attached hydrogen (secondary N) is 1. The maximum atomic E-state index is 13.2. The predicted octanol–water partition coefficient (Wildman–Crippen LogP) is 4.54. The molecule has 0 atom stereocenters. The number of carbonyl (C=O) groups is 3. The van der Waals surface area contributed by atoms with E-state index in [0.717, 1.165) is 61.3 Å². The van der Waals surface area contributed by atoms with Gasteiger partial charge in [0.05, 0.1) is 13.0 Å². The van der Waals surface area contributed by atoms with Crippen LogP contribution in [0.5, 0.6) is 0 Å². The van der Waals surface area contributed by atoms with E-state index in [2.05, 4.69) is 23.5 Å². The molecule has 1 N–H and O–H groups in total. The largest absolute Gasteiger partial charge is 0.368 e. The van der Waals surface area contributed by atoms with Crippen LogP contribution >= 0.6 is 21.6 Å². The fourth-order valence-corrected chi connectivity index (χ4v) is 6.45. The van der Waals surface area contributed by atoms with E-state index in [1.165, 1.54) is 5.56 Å². The smallest absolute Gasteiger partial charge is 0.325 e. The van der Waals surface area contributed by atoms with Crippen LogP contribution < -0.4 is 10.2 Å². The number of aryl methyl sites for hydroxylation is 2. The highest BCUT2D eigenvalue weighted by atomic mass is 33.1. The minimum atomic E-state index is -0.181. The van der Waals surface area contributed by atoms with Gasteiger partial charge in [0, 0.05) is 49.7 Å². The molecule has 198 valence electrons. The molecule has 37 heavy (non-hydrogen) atoms. The van der Waals surface area contributed by atoms with E-state index >= 15 is 0 Å². The molecule has 0 radical (unpaired) electrons. The number of fused-ring (bicyclic) bond motifs is 2. The van der Waals surface area contributed by atoms with Crippen LogP contribution in [0.2, 0.25) is 0 Å². The molecule has 1 saturated heterocycles. The molecule has 0 saturated carbocycles. The quantitative estimate of drug-likeness (QED) is 0.331. The Kier molecular flexibility index (Phi) is 10.8. The molecule has 2 aliphatic rings. The van der Waals surface area contributed by atoms with E-state index in [-0.39, 0.29) is 30.6 Å². The van der Waals surface area contributed by atoms with E-state index in [1.54, 1.807) is 26.7 Å². The lowest BCUT2D eigenvalue weighted by Gasteiger charge is -2.29. The van der Waals surface area contributed by atoms with Crippen molar-refractivity contribution in [2.75, 3.05) is 36.0 Å². The number of para-hydroxylation sites is 1. The number of nitrogens with zero attached hydrogens (tertiary/aromatic N) is 2. The highest BCUT2D eigenvalue weighted by molar-refractivity contribution is 8.76. The summed E-state index contributed by atoms with van der Waals surface area (Å²) in [4.78, 5) is 44.6. The Morgan fingerprint density at radius 2 is 1.49 bits per heavy atom. The molecule has 2 heterocycles. The lowest BCUT2D eigenvalue weighted by Crippen LogP contribution is -2.34. The van der Waals surface area contributed by atoms with Crippen LogP contribution in [0.1, 0.15) is 48.8 Å². The maximum absolute atomic E-state index is 13.2. The third-order valence-electron chi connectivity index (χ3n) is 6.54. The Hall–Kier alpha value is -2.49. The predicted molar refractivity (Wildman–Crippen MR) is 150 cm³/mol. The molecule has 4 rings (SSSR count). The zero-order valence-corrected chi connectivity index (χ0v) is 22.8. The number of benzene rings is 2. The van der Waals surface area contributed by atoms with Crippen molar-refractivity contribution in [2.24, 2.45) is 0 Å². The van der Waals surface area contributed by atoms with Gasteiger partial charge in [0.15, 0.2) is 0 Å². The first-order valence-electron chi connectivity index (χ1n) is 13.0. The summed E-state index contributed by atoms with van der Waals surface area (Å²) in [5, 5.41) is 4.65. The van der Waals surface area contributed by atoms with Gasteiger partial charge in [0.1, 0.15) is 0 Å². The molecule has 7 nitrogen and oxygen atoms in total. The number of carbonyl (C=O) groups excluding carboxylic acids is 3. The van der Waals surface area contributed by atoms with Gasteiger partial charge >= 0.3 is 5.97 Å². The second kappa shape index (κ2) is 14.4. The Balaban J connectivity index is 1.15. The summed E-state index contributed by atoms with van der Waals surface area (Å²) in [6.07, 6.45) is 4.72. The zero-order chi connectivity index (χ0) is 25.9. The Labute approximate surface area is 227 Å². The molecule has 0 unspecified atom stereocenters. The van der Waals surface area contributed by atoms with Crippen LogP contribution in [-0.2, 0) is 38.6 Å². The van der Waals surface area contributed by atoms with Gasteiger partial charge in [0.25, 0.3) is 0 Å². The number of amides is 2. The highest BCUT2D eigenvalue weighted by Crippen LogP contribution is 2.29. The van der Waals surface area contributed by atoms with Crippen LogP contribution in [0.3, 0.4) is 0 Å². The van der Waals surface area contributed by atoms with Crippen LogP contribution in [0.25, 0.3) is 0 Å². The number of hydroxylamine groups is 2. The van der Waals surface area contributed by atoms with Crippen molar-refractivity contribution >= 4 is 45.1 Å². The van der Waals surface area contributed by atoms with Gasteiger partial charge < -0.3 is 15.1 Å². The minimum Gasteiger partial charge on any atom is -0.368 e. The summed E-state index contributed by atoms with van der Waals surface area (Å²) < 4.78 is 0. The van der Waals surface area contributed by atoms with Gasteiger partial charge in [-0.1, -0.05) is 64.1 Å². The molecule has 2 amide bonds. The first-order valence-corrected chi connectivity index (χ1v) is 15.5. The molecule has 2 aliphatic heterocycles. The maximum Gasteiger partial charge on any atom is 0.325 e. The zero-order valence-electron chi connectivity index (χ0n) is 21.2. The lowest BCUT2D eigenvalue weighted by molar-refractivity contribution is -0.184. The fourth-order valence-electron chi connectivity index (χ4n) is 4.58. The average Bonchev–Trinajstić information content (AvgIpc) is 3.41. The molecule has 1 fully saturated rings. The van der Waals surface area contributed by atoms with E-state index in [4.69, 9.17) is 4.84 Å². The molecule has 0 spiro atoms. The summed E-state index contributed by atoms with van der Waals surface area (Å²) in [5.74, 6) is 1.08. The van der Waals surface area contributed by atoms with Gasteiger partial charge in [-0.05, 0) is 48.4 Å². The molecular formula is C28H35N3O4S2. The average molecular weight is 542 g/mol. The van der Waals surface area contributed by atoms with E-state index < -0.39 is 0 Å². The molecule has 0 aliphatic carbocycles. The standard InChI is InChI=1S/C28H35N3O4S2/c32-26(29-16-20-37-36-19-15-28(34)35-30-17-5-6-18-30)13-14-27(33)31-21-24-9-2-1-7-22(24)11-12-23-8-3-4-10-25(23)31/h1-4,7-10H,5-6,11-21H2,(H,29,32). The van der Waals surface area contributed by atoms with Gasteiger partial charge in [-0.15, -0.1) is 5.06 Å². The first-order chi connectivity index (χ1) is 18.1. The SMILES string of the molecule is O=C(CCC(=O)N1Cc2ccccc2CCc2ccccc21)NCCSSCCC(=O)ON1CCCC1. The van der Waals surface area contributed by atoms with Crippen molar-refractivity contribution in [3.63, 3.8) is 0 Å². The van der Waals surface area contributed by atoms with Crippen molar-refractivity contribution in [2.45, 2.75) is 51.5 Å². The topological polar surface area (TPSA) is 79.0 Å². The van der Waals surface area contributed by atoms with Gasteiger partial charge in [-0.2, -0.15) is 0 Å². The van der Waals surface area contributed by atoms with Crippen LogP contribution in [-0.4, -0.2) is 54.0 Å². The Bertz CT molecular complexity index is 1070. The molecular weight excluding hydrogens is 506 g/mol.